The van der Waals surface area contributed by atoms with Crippen LogP contribution in [0.2, 0.25) is 5.15 Å². The molecule has 17 heavy (non-hydrogen) atoms. The SMILES string of the molecule is COc1cccnc1C(=O)c1ccnc(Cl)c1. The van der Waals surface area contributed by atoms with E-state index >= 15 is 0 Å². The molecule has 2 aromatic heterocycles. The van der Waals surface area contributed by atoms with Crippen molar-refractivity contribution >= 4 is 17.4 Å². The van der Waals surface area contributed by atoms with Crippen LogP contribution in [-0.2, 0) is 0 Å². The van der Waals surface area contributed by atoms with Crippen LogP contribution in [0.1, 0.15) is 16.1 Å². The molecule has 2 aromatic rings. The van der Waals surface area contributed by atoms with E-state index < -0.39 is 0 Å². The van der Waals surface area contributed by atoms with Crippen molar-refractivity contribution in [1.29, 1.82) is 0 Å². The summed E-state index contributed by atoms with van der Waals surface area (Å²) >= 11 is 5.74. The number of halogens is 1. The van der Waals surface area contributed by atoms with Crippen molar-refractivity contribution < 1.29 is 9.53 Å². The molecule has 0 spiro atoms. The van der Waals surface area contributed by atoms with Gasteiger partial charge < -0.3 is 4.74 Å². The van der Waals surface area contributed by atoms with E-state index in [0.717, 1.165) is 0 Å². The van der Waals surface area contributed by atoms with Crippen LogP contribution < -0.4 is 4.74 Å². The minimum atomic E-state index is -0.244. The van der Waals surface area contributed by atoms with Gasteiger partial charge in [0, 0.05) is 18.0 Å². The van der Waals surface area contributed by atoms with Crippen LogP contribution in [0.5, 0.6) is 5.75 Å². The molecule has 0 saturated carbocycles. The molecule has 5 heteroatoms. The molecule has 0 aliphatic carbocycles. The summed E-state index contributed by atoms with van der Waals surface area (Å²) in [5, 5.41) is 0.269. The van der Waals surface area contributed by atoms with E-state index in [1.807, 2.05) is 0 Å². The summed E-state index contributed by atoms with van der Waals surface area (Å²) in [5.41, 5.74) is 0.694. The van der Waals surface area contributed by atoms with Crippen LogP contribution in [0.4, 0.5) is 0 Å². The molecule has 0 aliphatic heterocycles. The first-order valence-corrected chi connectivity index (χ1v) is 5.25. The predicted molar refractivity (Wildman–Crippen MR) is 63.5 cm³/mol. The summed E-state index contributed by atoms with van der Waals surface area (Å²) in [7, 11) is 1.49. The second-order valence-corrected chi connectivity index (χ2v) is 3.64. The lowest BCUT2D eigenvalue weighted by Gasteiger charge is -2.05. The quantitative estimate of drug-likeness (QED) is 0.618. The molecule has 0 atom stereocenters. The van der Waals surface area contributed by atoms with Gasteiger partial charge in [0.05, 0.1) is 7.11 Å². The molecule has 0 fully saturated rings. The normalized spacial score (nSPS) is 10.0. The highest BCUT2D eigenvalue weighted by Crippen LogP contribution is 2.19. The first kappa shape index (κ1) is 11.5. The maximum atomic E-state index is 12.1. The molecule has 0 amide bonds. The van der Waals surface area contributed by atoms with Gasteiger partial charge in [0.2, 0.25) is 5.78 Å². The number of hydrogen-bond donors (Lipinski definition) is 0. The number of pyridine rings is 2. The Balaban J connectivity index is 2.44. The summed E-state index contributed by atoms with van der Waals surface area (Å²) in [5.74, 6) is 0.192. The number of nitrogens with zero attached hydrogens (tertiary/aromatic N) is 2. The second kappa shape index (κ2) is 4.93. The van der Waals surface area contributed by atoms with Gasteiger partial charge in [-0.25, -0.2) is 9.97 Å². The van der Waals surface area contributed by atoms with Crippen LogP contribution in [0.15, 0.2) is 36.7 Å². The number of carbonyl (C=O) groups is 1. The number of methoxy groups -OCH3 is 1. The van der Waals surface area contributed by atoms with Gasteiger partial charge in [-0.05, 0) is 24.3 Å². The van der Waals surface area contributed by atoms with Crippen LogP contribution >= 0.6 is 11.6 Å². The topological polar surface area (TPSA) is 52.1 Å². The monoisotopic (exact) mass is 248 g/mol. The molecule has 0 saturated heterocycles. The average molecular weight is 249 g/mol. The molecule has 0 radical (unpaired) electrons. The molecule has 0 N–H and O–H groups in total. The van der Waals surface area contributed by atoms with E-state index in [-0.39, 0.29) is 16.6 Å². The van der Waals surface area contributed by atoms with Crippen molar-refractivity contribution in [3.8, 4) is 5.75 Å². The first-order chi connectivity index (χ1) is 8.22. The molecule has 86 valence electrons. The van der Waals surface area contributed by atoms with E-state index in [2.05, 4.69) is 9.97 Å². The van der Waals surface area contributed by atoms with Gasteiger partial charge in [-0.3, -0.25) is 4.79 Å². The largest absolute Gasteiger partial charge is 0.494 e. The number of hydrogen-bond acceptors (Lipinski definition) is 4. The second-order valence-electron chi connectivity index (χ2n) is 3.25. The lowest BCUT2D eigenvalue weighted by atomic mass is 10.1. The van der Waals surface area contributed by atoms with E-state index in [9.17, 15) is 4.79 Å². The predicted octanol–water partition coefficient (Wildman–Crippen LogP) is 2.37. The third-order valence-corrected chi connectivity index (χ3v) is 2.40. The van der Waals surface area contributed by atoms with Crippen molar-refractivity contribution in [2.24, 2.45) is 0 Å². The van der Waals surface area contributed by atoms with Crippen LogP contribution in [0.3, 0.4) is 0 Å². The minimum Gasteiger partial charge on any atom is -0.494 e. The third kappa shape index (κ3) is 2.42. The smallest absolute Gasteiger partial charge is 0.215 e. The van der Waals surface area contributed by atoms with Gasteiger partial charge in [0.25, 0.3) is 0 Å². The fourth-order valence-corrected chi connectivity index (χ4v) is 1.58. The van der Waals surface area contributed by atoms with Gasteiger partial charge in [-0.2, -0.15) is 0 Å². The molecule has 0 aliphatic rings. The van der Waals surface area contributed by atoms with Crippen LogP contribution in [0.25, 0.3) is 0 Å². The van der Waals surface area contributed by atoms with E-state index in [0.29, 0.717) is 11.3 Å². The third-order valence-electron chi connectivity index (χ3n) is 2.19. The average Bonchev–Trinajstić information content (AvgIpc) is 2.38. The molecule has 0 unspecified atom stereocenters. The van der Waals surface area contributed by atoms with Gasteiger partial charge in [0.1, 0.15) is 10.9 Å². The highest BCUT2D eigenvalue weighted by Gasteiger charge is 2.15. The Labute approximate surface area is 103 Å². The number of carbonyl (C=O) groups excluding carboxylic acids is 1. The Morgan fingerprint density at radius 3 is 2.82 bits per heavy atom. The Kier molecular flexibility index (Phi) is 3.35. The summed E-state index contributed by atoms with van der Waals surface area (Å²) in [6, 6.07) is 6.47. The fourth-order valence-electron chi connectivity index (χ4n) is 1.41. The zero-order valence-corrected chi connectivity index (χ0v) is 9.81. The standard InChI is InChI=1S/C12H9ClN2O2/c1-17-9-3-2-5-15-11(9)12(16)8-4-6-14-10(13)7-8/h2-7H,1H3. The van der Waals surface area contributed by atoms with Crippen LogP contribution in [0, 0.1) is 0 Å². The zero-order valence-electron chi connectivity index (χ0n) is 9.05. The summed E-state index contributed by atoms with van der Waals surface area (Å²) in [4.78, 5) is 20.0. The van der Waals surface area contributed by atoms with Crippen molar-refractivity contribution in [3.63, 3.8) is 0 Å². The zero-order chi connectivity index (χ0) is 12.3. The van der Waals surface area contributed by atoms with E-state index in [4.69, 9.17) is 16.3 Å². The van der Waals surface area contributed by atoms with Gasteiger partial charge in [-0.1, -0.05) is 11.6 Å². The molecule has 2 heterocycles. The fraction of sp³-hybridized carbons (Fsp3) is 0.0833. The Bertz CT molecular complexity index is 558. The molecule has 0 aromatic carbocycles. The van der Waals surface area contributed by atoms with E-state index in [1.165, 1.54) is 19.4 Å². The minimum absolute atomic E-state index is 0.244. The molecule has 4 nitrogen and oxygen atoms in total. The van der Waals surface area contributed by atoms with Crippen LogP contribution in [-0.4, -0.2) is 22.9 Å². The molecular formula is C12H9ClN2O2. The van der Waals surface area contributed by atoms with Crippen molar-refractivity contribution in [3.05, 3.63) is 53.1 Å². The van der Waals surface area contributed by atoms with Gasteiger partial charge in [-0.15, -0.1) is 0 Å². The van der Waals surface area contributed by atoms with Crippen molar-refractivity contribution in [2.45, 2.75) is 0 Å². The van der Waals surface area contributed by atoms with Crippen molar-refractivity contribution in [2.75, 3.05) is 7.11 Å². The van der Waals surface area contributed by atoms with Gasteiger partial charge >= 0.3 is 0 Å². The maximum Gasteiger partial charge on any atom is 0.215 e. The number of ketones is 1. The molecule has 2 rings (SSSR count). The first-order valence-electron chi connectivity index (χ1n) is 4.87. The lowest BCUT2D eigenvalue weighted by molar-refractivity contribution is 0.103. The Morgan fingerprint density at radius 2 is 2.12 bits per heavy atom. The summed E-state index contributed by atoms with van der Waals surface area (Å²) in [6.45, 7) is 0. The Hall–Kier alpha value is -1.94. The van der Waals surface area contributed by atoms with E-state index in [1.54, 1.807) is 24.4 Å². The number of rotatable bonds is 3. The number of aromatic nitrogens is 2. The molecular weight excluding hydrogens is 240 g/mol. The molecule has 0 bridgehead atoms. The highest BCUT2D eigenvalue weighted by atomic mass is 35.5. The summed E-state index contributed by atoms with van der Waals surface area (Å²) < 4.78 is 5.09. The summed E-state index contributed by atoms with van der Waals surface area (Å²) in [6.07, 6.45) is 3.02. The Morgan fingerprint density at radius 1 is 1.29 bits per heavy atom. The van der Waals surface area contributed by atoms with Crippen molar-refractivity contribution in [1.82, 2.24) is 9.97 Å². The number of ether oxygens (including phenoxy) is 1. The van der Waals surface area contributed by atoms with Gasteiger partial charge in [0.15, 0.2) is 5.69 Å². The lowest BCUT2D eigenvalue weighted by Crippen LogP contribution is -2.06. The highest BCUT2D eigenvalue weighted by molar-refractivity contribution is 6.30. The maximum absolute atomic E-state index is 12.1.